The van der Waals surface area contributed by atoms with Crippen LogP contribution in [0, 0.1) is 6.92 Å². The quantitative estimate of drug-likeness (QED) is 0.771. The Balaban J connectivity index is 1.69. The lowest BCUT2D eigenvalue weighted by Crippen LogP contribution is -2.43. The molecular weight excluding hydrogens is 240 g/mol. The van der Waals surface area contributed by atoms with Crippen LogP contribution in [0.4, 0.5) is 0 Å². The summed E-state index contributed by atoms with van der Waals surface area (Å²) in [5.41, 5.74) is 0.0325. The Morgan fingerprint density at radius 1 is 1.42 bits per heavy atom. The van der Waals surface area contributed by atoms with Crippen molar-refractivity contribution >= 4 is 0 Å². The lowest BCUT2D eigenvalue weighted by molar-refractivity contribution is 0.0741. The largest absolute Gasteiger partial charge is 0.466 e. The summed E-state index contributed by atoms with van der Waals surface area (Å²) < 4.78 is 11.2. The van der Waals surface area contributed by atoms with Gasteiger partial charge in [0.2, 0.25) is 0 Å². The van der Waals surface area contributed by atoms with Crippen LogP contribution in [0.3, 0.4) is 0 Å². The van der Waals surface area contributed by atoms with Crippen LogP contribution in [0.2, 0.25) is 0 Å². The summed E-state index contributed by atoms with van der Waals surface area (Å²) >= 11 is 0. The first-order chi connectivity index (χ1) is 9.08. The fraction of sp³-hybridized carbons (Fsp3) is 0.733. The van der Waals surface area contributed by atoms with Gasteiger partial charge in [0.15, 0.2) is 0 Å². The number of ether oxygens (including phenoxy) is 1. The molecule has 0 amide bonds. The van der Waals surface area contributed by atoms with Crippen LogP contribution >= 0.6 is 0 Å². The Kier molecular flexibility index (Phi) is 5.02. The second-order valence-corrected chi connectivity index (χ2v) is 5.99. The van der Waals surface area contributed by atoms with Gasteiger partial charge in [-0.3, -0.25) is 0 Å². The van der Waals surface area contributed by atoms with Gasteiger partial charge in [-0.1, -0.05) is 13.8 Å². The smallest absolute Gasteiger partial charge is 0.111 e. The molecule has 4 nitrogen and oxygen atoms in total. The molecule has 0 radical (unpaired) electrons. The maximum absolute atomic E-state index is 5.72. The molecule has 1 aliphatic heterocycles. The summed E-state index contributed by atoms with van der Waals surface area (Å²) in [5.74, 6) is 2.03. The number of hydrogen-bond donors (Lipinski definition) is 2. The van der Waals surface area contributed by atoms with Crippen molar-refractivity contribution in [3.8, 4) is 0 Å². The minimum atomic E-state index is 0.0325. The van der Waals surface area contributed by atoms with Crippen LogP contribution in [-0.4, -0.2) is 38.9 Å². The van der Waals surface area contributed by atoms with E-state index in [9.17, 15) is 0 Å². The minimum Gasteiger partial charge on any atom is -0.466 e. The van der Waals surface area contributed by atoms with E-state index in [1.165, 1.54) is 0 Å². The van der Waals surface area contributed by atoms with E-state index in [0.717, 1.165) is 50.8 Å². The third kappa shape index (κ3) is 4.34. The number of aryl methyl sites for hydroxylation is 1. The number of furan rings is 1. The maximum Gasteiger partial charge on any atom is 0.111 e. The van der Waals surface area contributed by atoms with Gasteiger partial charge in [-0.25, -0.2) is 0 Å². The first-order valence-corrected chi connectivity index (χ1v) is 7.17. The molecule has 1 aromatic heterocycles. The topological polar surface area (TPSA) is 46.4 Å². The zero-order valence-corrected chi connectivity index (χ0v) is 12.3. The third-order valence-corrected chi connectivity index (χ3v) is 3.64. The molecule has 0 saturated carbocycles. The predicted octanol–water partition coefficient (Wildman–Crippen LogP) is 1.83. The molecule has 19 heavy (non-hydrogen) atoms. The molecule has 1 fully saturated rings. The van der Waals surface area contributed by atoms with Crippen LogP contribution in [-0.2, 0) is 10.2 Å². The predicted molar refractivity (Wildman–Crippen MR) is 76.6 cm³/mol. The fourth-order valence-electron chi connectivity index (χ4n) is 2.37. The van der Waals surface area contributed by atoms with Crippen molar-refractivity contribution in [3.63, 3.8) is 0 Å². The molecule has 1 atom stereocenters. The van der Waals surface area contributed by atoms with Gasteiger partial charge in [0, 0.05) is 24.5 Å². The average molecular weight is 266 g/mol. The second-order valence-electron chi connectivity index (χ2n) is 5.99. The number of rotatable bonds is 6. The van der Waals surface area contributed by atoms with Crippen LogP contribution in [0.5, 0.6) is 0 Å². The van der Waals surface area contributed by atoms with E-state index in [0.29, 0.717) is 6.04 Å². The monoisotopic (exact) mass is 266 g/mol. The van der Waals surface area contributed by atoms with E-state index >= 15 is 0 Å². The van der Waals surface area contributed by atoms with Gasteiger partial charge >= 0.3 is 0 Å². The van der Waals surface area contributed by atoms with Crippen molar-refractivity contribution in [2.24, 2.45) is 0 Å². The molecule has 1 aliphatic rings. The maximum atomic E-state index is 5.72. The van der Waals surface area contributed by atoms with Gasteiger partial charge in [0.25, 0.3) is 0 Å². The number of hydrogen-bond acceptors (Lipinski definition) is 4. The molecular formula is C15H26N2O2. The second kappa shape index (κ2) is 6.55. The lowest BCUT2D eigenvalue weighted by Gasteiger charge is -2.26. The van der Waals surface area contributed by atoms with Crippen molar-refractivity contribution in [1.29, 1.82) is 0 Å². The highest BCUT2D eigenvalue weighted by Gasteiger charge is 2.23. The molecule has 0 spiro atoms. The zero-order chi connectivity index (χ0) is 13.7. The zero-order valence-electron chi connectivity index (χ0n) is 12.3. The Morgan fingerprint density at radius 3 is 2.89 bits per heavy atom. The van der Waals surface area contributed by atoms with Crippen LogP contribution in [0.25, 0.3) is 0 Å². The van der Waals surface area contributed by atoms with Crippen molar-refractivity contribution in [2.75, 3.05) is 32.8 Å². The first kappa shape index (κ1) is 14.6. The van der Waals surface area contributed by atoms with E-state index < -0.39 is 0 Å². The summed E-state index contributed by atoms with van der Waals surface area (Å²) in [5, 5.41) is 6.99. The number of morpholine rings is 1. The van der Waals surface area contributed by atoms with Crippen molar-refractivity contribution in [2.45, 2.75) is 38.6 Å². The molecule has 2 heterocycles. The van der Waals surface area contributed by atoms with E-state index in [4.69, 9.17) is 9.15 Å². The summed E-state index contributed by atoms with van der Waals surface area (Å²) in [6, 6.07) is 4.60. The fourth-order valence-corrected chi connectivity index (χ4v) is 2.37. The molecule has 2 N–H and O–H groups in total. The van der Waals surface area contributed by atoms with Gasteiger partial charge in [-0.05, 0) is 32.0 Å². The van der Waals surface area contributed by atoms with Crippen LogP contribution in [0.1, 0.15) is 31.8 Å². The molecule has 2 rings (SSSR count). The normalized spacial score (nSPS) is 20.7. The minimum absolute atomic E-state index is 0.0325. The molecule has 1 saturated heterocycles. The lowest BCUT2D eigenvalue weighted by atomic mass is 9.90. The molecule has 0 bridgehead atoms. The molecule has 0 aromatic carbocycles. The van der Waals surface area contributed by atoms with E-state index in [-0.39, 0.29) is 5.41 Å². The van der Waals surface area contributed by atoms with Crippen LogP contribution in [0.15, 0.2) is 16.5 Å². The van der Waals surface area contributed by atoms with Gasteiger partial charge in [0.1, 0.15) is 11.5 Å². The van der Waals surface area contributed by atoms with Crippen molar-refractivity contribution in [3.05, 3.63) is 23.7 Å². The molecule has 1 aromatic rings. The van der Waals surface area contributed by atoms with Gasteiger partial charge in [-0.15, -0.1) is 0 Å². The molecule has 108 valence electrons. The molecule has 4 heteroatoms. The highest BCUT2D eigenvalue weighted by Crippen LogP contribution is 2.24. The summed E-state index contributed by atoms with van der Waals surface area (Å²) in [7, 11) is 0. The highest BCUT2D eigenvalue weighted by atomic mass is 16.5. The van der Waals surface area contributed by atoms with E-state index in [2.05, 4.69) is 30.5 Å². The highest BCUT2D eigenvalue weighted by molar-refractivity contribution is 5.15. The average Bonchev–Trinajstić information content (AvgIpc) is 2.84. The molecule has 1 unspecified atom stereocenters. The third-order valence-electron chi connectivity index (χ3n) is 3.64. The van der Waals surface area contributed by atoms with E-state index in [1.807, 2.05) is 13.0 Å². The van der Waals surface area contributed by atoms with Gasteiger partial charge < -0.3 is 19.8 Å². The SMILES string of the molecule is Cc1ccc(C(C)(C)CNCCC2COCCN2)o1. The summed E-state index contributed by atoms with van der Waals surface area (Å²) in [4.78, 5) is 0. The Hall–Kier alpha value is -0.840. The Labute approximate surface area is 115 Å². The summed E-state index contributed by atoms with van der Waals surface area (Å²) in [6.07, 6.45) is 1.10. The van der Waals surface area contributed by atoms with Crippen molar-refractivity contribution < 1.29 is 9.15 Å². The Morgan fingerprint density at radius 2 is 2.26 bits per heavy atom. The standard InChI is InChI=1S/C15H26N2O2/c1-12-4-5-14(19-12)15(2,3)11-16-7-6-13-10-18-9-8-17-13/h4-5,13,16-17H,6-11H2,1-3H3. The van der Waals surface area contributed by atoms with Crippen molar-refractivity contribution in [1.82, 2.24) is 10.6 Å². The van der Waals surface area contributed by atoms with Gasteiger partial charge in [-0.2, -0.15) is 0 Å². The summed E-state index contributed by atoms with van der Waals surface area (Å²) in [6.45, 7) is 11.0. The van der Waals surface area contributed by atoms with E-state index in [1.54, 1.807) is 0 Å². The first-order valence-electron chi connectivity index (χ1n) is 7.17. The van der Waals surface area contributed by atoms with Gasteiger partial charge in [0.05, 0.1) is 13.2 Å². The Bertz CT molecular complexity index is 381. The van der Waals surface area contributed by atoms with Crippen LogP contribution < -0.4 is 10.6 Å². The number of nitrogens with one attached hydrogen (secondary N) is 2. The molecule has 0 aliphatic carbocycles.